The first-order valence-electron chi connectivity index (χ1n) is 17.1. The summed E-state index contributed by atoms with van der Waals surface area (Å²) in [6.45, 7) is 8.45. The summed E-state index contributed by atoms with van der Waals surface area (Å²) in [5.74, 6) is 3.10. The molecule has 2 aliphatic heterocycles. The van der Waals surface area contributed by atoms with Gasteiger partial charge >= 0.3 is 0 Å². The lowest BCUT2D eigenvalue weighted by molar-refractivity contribution is -0.125. The number of primary amides is 1. The summed E-state index contributed by atoms with van der Waals surface area (Å²) in [5, 5.41) is 13.9. The lowest BCUT2D eigenvalue weighted by atomic mass is 10.0. The Bertz CT molecular complexity index is 1810. The zero-order valence-electron chi connectivity index (χ0n) is 32.3. The van der Waals surface area contributed by atoms with Gasteiger partial charge < -0.3 is 54.7 Å². The van der Waals surface area contributed by atoms with E-state index in [2.05, 4.69) is 38.2 Å². The van der Waals surface area contributed by atoms with Gasteiger partial charge in [-0.05, 0) is 50.4 Å². The number of aliphatic hydroxyl groups excluding tert-OH is 1. The van der Waals surface area contributed by atoms with Crippen molar-refractivity contribution in [1.29, 1.82) is 0 Å². The third kappa shape index (κ3) is 12.3. The minimum atomic E-state index is -1.01. The average molecular weight is 767 g/mol. The molecule has 3 aromatic carbocycles. The van der Waals surface area contributed by atoms with E-state index < -0.39 is 24.2 Å². The van der Waals surface area contributed by atoms with Crippen molar-refractivity contribution in [1.82, 2.24) is 5.64 Å². The van der Waals surface area contributed by atoms with Crippen molar-refractivity contribution in [2.45, 2.75) is 58.3 Å². The second kappa shape index (κ2) is 21.1. The van der Waals surface area contributed by atoms with Gasteiger partial charge in [-0.25, -0.2) is 0 Å². The summed E-state index contributed by atoms with van der Waals surface area (Å²) < 4.78 is 32.4. The van der Waals surface area contributed by atoms with Gasteiger partial charge in [0.05, 0.1) is 47.0 Å². The molecule has 3 unspecified atom stereocenters. The third-order valence-corrected chi connectivity index (χ3v) is 7.87. The summed E-state index contributed by atoms with van der Waals surface area (Å²) in [7, 11) is 7.80. The first-order valence-corrected chi connectivity index (χ1v) is 17.1. The van der Waals surface area contributed by atoms with Crippen molar-refractivity contribution >= 4 is 34.9 Å². The fourth-order valence-electron chi connectivity index (χ4n) is 4.81. The SMILES string of the molecule is C=C(C)OC.CC(O)C(N)=O.CCC1Oc2cc(OC)cc(ONOC)c2NC1=O.COC(=C1CC1)c1cc(OC)cc2c1NC(=O)C(c1ccccc1)O2. The van der Waals surface area contributed by atoms with Gasteiger partial charge in [-0.15, -0.1) is 0 Å². The Morgan fingerprint density at radius 3 is 1.98 bits per heavy atom. The van der Waals surface area contributed by atoms with E-state index in [1.165, 1.54) is 26.7 Å². The molecule has 3 aliphatic rings. The number of anilines is 2. The Kier molecular flexibility index (Phi) is 16.6. The molecule has 1 fully saturated rings. The number of nitrogens with one attached hydrogen (secondary N) is 3. The maximum Gasteiger partial charge on any atom is 0.270 e. The maximum atomic E-state index is 12.6. The molecular weight excluding hydrogens is 716 g/mol. The molecule has 3 aromatic rings. The zero-order valence-corrected chi connectivity index (χ0v) is 32.3. The molecule has 55 heavy (non-hydrogen) atoms. The molecule has 16 heteroatoms. The lowest BCUT2D eigenvalue weighted by Crippen LogP contribution is -2.36. The van der Waals surface area contributed by atoms with Crippen LogP contribution in [0.15, 0.2) is 72.5 Å². The van der Waals surface area contributed by atoms with Crippen molar-refractivity contribution in [3.05, 3.63) is 83.6 Å². The van der Waals surface area contributed by atoms with Crippen molar-refractivity contribution in [2.75, 3.05) is 46.2 Å². The number of methoxy groups -OCH3 is 4. The summed E-state index contributed by atoms with van der Waals surface area (Å²) >= 11 is 0. The number of hydrogen-bond donors (Lipinski definition) is 5. The van der Waals surface area contributed by atoms with E-state index in [0.717, 1.165) is 35.5 Å². The van der Waals surface area contributed by atoms with Crippen LogP contribution in [0, 0.1) is 0 Å². The van der Waals surface area contributed by atoms with E-state index in [1.54, 1.807) is 46.5 Å². The van der Waals surface area contributed by atoms with Crippen LogP contribution in [0.5, 0.6) is 28.7 Å². The highest BCUT2D eigenvalue weighted by Crippen LogP contribution is 2.46. The molecule has 6 N–H and O–H groups in total. The second-order valence-electron chi connectivity index (χ2n) is 12.0. The largest absolute Gasteiger partial charge is 0.502 e. The van der Waals surface area contributed by atoms with E-state index in [9.17, 15) is 14.4 Å². The first kappa shape index (κ1) is 43.4. The Hall–Kier alpha value is -5.97. The molecule has 3 amide bonds. The molecule has 3 atom stereocenters. The van der Waals surface area contributed by atoms with Crippen LogP contribution in [-0.2, 0) is 28.7 Å². The van der Waals surface area contributed by atoms with Gasteiger partial charge in [0.2, 0.25) is 12.0 Å². The highest BCUT2D eigenvalue weighted by atomic mass is 16.9. The molecule has 0 bridgehead atoms. The Labute approximate surface area is 320 Å². The van der Waals surface area contributed by atoms with E-state index in [4.69, 9.17) is 33.6 Å². The topological polar surface area (TPSA) is 207 Å². The number of carbonyl (C=O) groups excluding carboxylic acids is 3. The predicted octanol–water partition coefficient (Wildman–Crippen LogP) is 5.19. The number of amides is 3. The molecule has 1 aliphatic carbocycles. The molecule has 298 valence electrons. The van der Waals surface area contributed by atoms with E-state index in [-0.39, 0.29) is 11.8 Å². The number of aliphatic hydroxyl groups is 1. The molecule has 0 spiro atoms. The quantitative estimate of drug-likeness (QED) is 0.126. The van der Waals surface area contributed by atoms with Gasteiger partial charge in [0.15, 0.2) is 17.6 Å². The zero-order chi connectivity index (χ0) is 40.7. The minimum absolute atomic E-state index is 0.193. The van der Waals surface area contributed by atoms with E-state index in [0.29, 0.717) is 46.5 Å². The van der Waals surface area contributed by atoms with Gasteiger partial charge in [-0.2, -0.15) is 0 Å². The van der Waals surface area contributed by atoms with Crippen LogP contribution < -0.4 is 45.8 Å². The monoisotopic (exact) mass is 766 g/mol. The number of fused-ring (bicyclic) bond motifs is 2. The molecule has 16 nitrogen and oxygen atoms in total. The van der Waals surface area contributed by atoms with Gasteiger partial charge in [0, 0.05) is 29.3 Å². The van der Waals surface area contributed by atoms with Crippen molar-refractivity contribution in [3.8, 4) is 28.7 Å². The van der Waals surface area contributed by atoms with Crippen LogP contribution in [0.1, 0.15) is 57.3 Å². The lowest BCUT2D eigenvalue weighted by Gasteiger charge is -2.28. The second-order valence-corrected chi connectivity index (χ2v) is 12.0. The van der Waals surface area contributed by atoms with Crippen molar-refractivity contribution in [2.24, 2.45) is 5.73 Å². The number of carbonyl (C=O) groups is 3. The molecule has 0 aromatic heterocycles. The Morgan fingerprint density at radius 1 is 0.927 bits per heavy atom. The number of nitrogens with two attached hydrogens (primary N) is 1. The average Bonchev–Trinajstić information content (AvgIpc) is 4.03. The highest BCUT2D eigenvalue weighted by Gasteiger charge is 2.34. The number of ether oxygens (including phenoxy) is 6. The molecule has 0 radical (unpaired) electrons. The van der Waals surface area contributed by atoms with Crippen LogP contribution in [0.3, 0.4) is 0 Å². The normalized spacial score (nSPS) is 16.2. The number of benzene rings is 3. The fourth-order valence-corrected chi connectivity index (χ4v) is 4.81. The summed E-state index contributed by atoms with van der Waals surface area (Å²) in [5.41, 5.74) is 10.7. The molecule has 1 saturated carbocycles. The molecule has 0 saturated heterocycles. The Morgan fingerprint density at radius 2 is 1.49 bits per heavy atom. The highest BCUT2D eigenvalue weighted by molar-refractivity contribution is 6.02. The first-order chi connectivity index (χ1) is 26.3. The standard InChI is InChI=1S/C20H19NO4.C12H16N2O5.C4H8O.C3H7NO2/c1-23-14-10-15(18(24-2)13-8-9-13)17-16(11-14)25-19(20(22)21-17)12-6-4-3-5-7-12;1-4-8-12(15)13-11-9(18-8)5-7(16-2)6-10(11)19-14-17-3;1-4(2)5-3;1-2(5)3(4)6/h3-7,10-11,19H,8-9H2,1-2H3,(H,21,22);5-6,8,14H,4H2,1-3H3,(H,13,15);1H2,2-3H3;2,5H,1H3,(H2,4,6). The number of hydrogen-bond acceptors (Lipinski definition) is 13. The summed E-state index contributed by atoms with van der Waals surface area (Å²) in [6.07, 6.45) is 0.392. The van der Waals surface area contributed by atoms with Crippen LogP contribution in [0.25, 0.3) is 5.76 Å². The number of allylic oxidation sites excluding steroid dienone is 2. The van der Waals surface area contributed by atoms with Gasteiger partial charge in [0.1, 0.15) is 34.8 Å². The van der Waals surface area contributed by atoms with Crippen LogP contribution >= 0.6 is 0 Å². The molecule has 6 rings (SSSR count). The van der Waals surface area contributed by atoms with Gasteiger partial charge in [0.25, 0.3) is 11.8 Å². The summed E-state index contributed by atoms with van der Waals surface area (Å²) in [4.78, 5) is 43.9. The van der Waals surface area contributed by atoms with E-state index in [1.807, 2.05) is 43.3 Å². The third-order valence-electron chi connectivity index (χ3n) is 7.87. The maximum absolute atomic E-state index is 12.6. The smallest absolute Gasteiger partial charge is 0.270 e. The van der Waals surface area contributed by atoms with E-state index >= 15 is 0 Å². The van der Waals surface area contributed by atoms with Crippen molar-refractivity contribution < 1.29 is 57.6 Å². The summed E-state index contributed by atoms with van der Waals surface area (Å²) in [6, 6.07) is 16.4. The van der Waals surface area contributed by atoms with Gasteiger partial charge in [-0.1, -0.05) is 43.8 Å². The predicted molar refractivity (Wildman–Crippen MR) is 204 cm³/mol. The Balaban J connectivity index is 0.000000238. The van der Waals surface area contributed by atoms with Crippen LogP contribution in [-0.4, -0.2) is 70.6 Å². The minimum Gasteiger partial charge on any atom is -0.502 e. The molecular formula is C39H50N4O12. The van der Waals surface area contributed by atoms with Crippen molar-refractivity contribution in [3.63, 3.8) is 0 Å². The number of rotatable bonds is 11. The molecule has 2 heterocycles. The van der Waals surface area contributed by atoms with Crippen LogP contribution in [0.4, 0.5) is 11.4 Å². The fraction of sp³-hybridized carbons (Fsp3) is 0.359. The van der Waals surface area contributed by atoms with Gasteiger partial charge in [-0.3, -0.25) is 19.2 Å². The van der Waals surface area contributed by atoms with Crippen LogP contribution in [0.2, 0.25) is 0 Å².